The fraction of sp³-hybridized carbons (Fsp3) is 0.965. The van der Waals surface area contributed by atoms with Crippen molar-refractivity contribution >= 4 is 22.1 Å². The molecule has 1 aliphatic rings. The molecule has 0 aliphatic carbocycles. The highest BCUT2D eigenvalue weighted by atomic mass is 32.2. The number of carbonyl (C=O) groups is 2. The molecule has 416 valence electrons. The van der Waals surface area contributed by atoms with Crippen LogP contribution in [-0.4, -0.2) is 96.0 Å². The molecule has 13 heteroatoms. The van der Waals surface area contributed by atoms with Crippen molar-refractivity contribution in [1.82, 2.24) is 0 Å². The second-order valence-electron chi connectivity index (χ2n) is 21.0. The predicted octanol–water partition coefficient (Wildman–Crippen LogP) is 14.4. The summed E-state index contributed by atoms with van der Waals surface area (Å²) in [5, 5.41) is 31.1. The van der Waals surface area contributed by atoms with Crippen LogP contribution in [0.4, 0.5) is 0 Å². The molecule has 1 aliphatic heterocycles. The van der Waals surface area contributed by atoms with Crippen molar-refractivity contribution in [2.75, 3.05) is 19.0 Å². The standard InChI is InChI=1S/C57H110O12S/c1-3-5-7-9-11-13-15-17-19-21-23-25-27-29-31-33-35-37-39-41-43-45-52(58)66-47-50(48-67-57-56(62)55(61)54(60)51(69-57)49-70(63,64)65)68-53(59)46-44-42-40-38-36-34-32-30-28-26-24-22-20-18-16-14-12-10-8-6-4-2/h50-51,54-57,60-62H,3-49H2,1-2H3,(H,63,64,65). The van der Waals surface area contributed by atoms with Crippen molar-refractivity contribution in [2.45, 2.75) is 333 Å². The first-order chi connectivity index (χ1) is 34.0. The SMILES string of the molecule is CCCCCCCCCCCCCCCCCCCCCCCC(=O)OCC(COC1OC(CS(=O)(=O)O)C(O)C(O)C1O)OC(=O)CCCCCCCCCCCCCCCCCCCCCCC. The van der Waals surface area contributed by atoms with E-state index in [1.165, 1.54) is 218 Å². The first-order valence-corrected chi connectivity index (χ1v) is 31.2. The van der Waals surface area contributed by atoms with Gasteiger partial charge in [-0.1, -0.05) is 271 Å². The molecule has 12 nitrogen and oxygen atoms in total. The lowest BCUT2D eigenvalue weighted by Crippen LogP contribution is -2.60. The monoisotopic (exact) mass is 1020 g/mol. The third-order valence-corrected chi connectivity index (χ3v) is 14.9. The Morgan fingerprint density at radius 3 is 1.04 bits per heavy atom. The minimum absolute atomic E-state index is 0.173. The van der Waals surface area contributed by atoms with Crippen molar-refractivity contribution < 1.29 is 56.8 Å². The summed E-state index contributed by atoms with van der Waals surface area (Å²) in [6.07, 6.45) is 44.3. The van der Waals surface area contributed by atoms with Gasteiger partial charge in [0.25, 0.3) is 10.1 Å². The van der Waals surface area contributed by atoms with E-state index < -0.39 is 71.2 Å². The summed E-state index contributed by atoms with van der Waals surface area (Å²) >= 11 is 0. The molecule has 0 aromatic carbocycles. The Labute approximate surface area is 429 Å². The Hall–Kier alpha value is -1.35. The lowest BCUT2D eigenvalue weighted by Gasteiger charge is -2.40. The number of aliphatic hydroxyl groups is 3. The summed E-state index contributed by atoms with van der Waals surface area (Å²) in [4.78, 5) is 25.6. The van der Waals surface area contributed by atoms with Crippen LogP contribution in [0.25, 0.3) is 0 Å². The van der Waals surface area contributed by atoms with E-state index in [1.807, 2.05) is 0 Å². The molecule has 0 aromatic rings. The van der Waals surface area contributed by atoms with Gasteiger partial charge in [-0.25, -0.2) is 0 Å². The number of esters is 2. The number of rotatable bonds is 52. The molecule has 4 N–H and O–H groups in total. The van der Waals surface area contributed by atoms with Gasteiger partial charge in [0.05, 0.1) is 6.61 Å². The van der Waals surface area contributed by atoms with E-state index in [2.05, 4.69) is 13.8 Å². The summed E-state index contributed by atoms with van der Waals surface area (Å²) in [6, 6.07) is 0. The van der Waals surface area contributed by atoms with E-state index in [1.54, 1.807) is 0 Å². The van der Waals surface area contributed by atoms with Crippen molar-refractivity contribution in [3.8, 4) is 0 Å². The highest BCUT2D eigenvalue weighted by Gasteiger charge is 2.46. The lowest BCUT2D eigenvalue weighted by molar-refractivity contribution is -0.297. The van der Waals surface area contributed by atoms with E-state index in [0.29, 0.717) is 12.8 Å². The van der Waals surface area contributed by atoms with Gasteiger partial charge in [0.2, 0.25) is 0 Å². The maximum absolute atomic E-state index is 12.9. The lowest BCUT2D eigenvalue weighted by atomic mass is 10.00. The summed E-state index contributed by atoms with van der Waals surface area (Å²) in [6.45, 7) is 3.84. The fourth-order valence-electron chi connectivity index (χ4n) is 9.62. The summed E-state index contributed by atoms with van der Waals surface area (Å²) in [7, 11) is -4.60. The van der Waals surface area contributed by atoms with Crippen molar-refractivity contribution in [2.24, 2.45) is 0 Å². The molecular formula is C57H110O12S. The van der Waals surface area contributed by atoms with Crippen LogP contribution in [-0.2, 0) is 38.7 Å². The van der Waals surface area contributed by atoms with Gasteiger partial charge >= 0.3 is 11.9 Å². The van der Waals surface area contributed by atoms with Crippen LogP contribution in [0.5, 0.6) is 0 Å². The second-order valence-corrected chi connectivity index (χ2v) is 22.5. The minimum Gasteiger partial charge on any atom is -0.462 e. The molecule has 1 saturated heterocycles. The maximum atomic E-state index is 12.9. The Bertz CT molecular complexity index is 1280. The number of aliphatic hydroxyl groups excluding tert-OH is 3. The van der Waals surface area contributed by atoms with E-state index in [-0.39, 0.29) is 19.4 Å². The number of unbranched alkanes of at least 4 members (excludes halogenated alkanes) is 40. The molecule has 0 bridgehead atoms. The first kappa shape index (κ1) is 66.7. The molecule has 1 rings (SSSR count). The zero-order chi connectivity index (χ0) is 51.2. The number of hydrogen-bond acceptors (Lipinski definition) is 11. The van der Waals surface area contributed by atoms with Gasteiger partial charge in [0.15, 0.2) is 12.4 Å². The zero-order valence-corrected chi connectivity index (χ0v) is 46.0. The average molecular weight is 1020 g/mol. The molecule has 6 unspecified atom stereocenters. The Balaban J connectivity index is 2.28. The molecule has 0 saturated carbocycles. The van der Waals surface area contributed by atoms with E-state index >= 15 is 0 Å². The van der Waals surface area contributed by atoms with Gasteiger partial charge in [0.1, 0.15) is 36.8 Å². The first-order valence-electron chi connectivity index (χ1n) is 29.6. The van der Waals surface area contributed by atoms with Crippen LogP contribution >= 0.6 is 0 Å². The van der Waals surface area contributed by atoms with Gasteiger partial charge in [-0.15, -0.1) is 0 Å². The topological polar surface area (TPSA) is 186 Å². The van der Waals surface area contributed by atoms with Crippen LogP contribution in [0.3, 0.4) is 0 Å². The Kier molecular flexibility index (Phi) is 45.1. The smallest absolute Gasteiger partial charge is 0.306 e. The molecule has 0 aromatic heterocycles. The molecule has 0 spiro atoms. The molecule has 70 heavy (non-hydrogen) atoms. The van der Waals surface area contributed by atoms with Gasteiger partial charge < -0.3 is 34.3 Å². The summed E-state index contributed by atoms with van der Waals surface area (Å²) in [5.41, 5.74) is 0. The Morgan fingerprint density at radius 1 is 0.429 bits per heavy atom. The van der Waals surface area contributed by atoms with Crippen molar-refractivity contribution in [1.29, 1.82) is 0 Å². The normalized spacial score (nSPS) is 18.9. The van der Waals surface area contributed by atoms with E-state index in [4.69, 9.17) is 18.9 Å². The molecule has 1 fully saturated rings. The van der Waals surface area contributed by atoms with Gasteiger partial charge in [-0.2, -0.15) is 8.42 Å². The van der Waals surface area contributed by atoms with Gasteiger partial charge in [-0.05, 0) is 12.8 Å². The third-order valence-electron chi connectivity index (χ3n) is 14.2. The minimum atomic E-state index is -4.60. The van der Waals surface area contributed by atoms with Crippen LogP contribution in [0.1, 0.15) is 296 Å². The Morgan fingerprint density at radius 2 is 0.729 bits per heavy atom. The van der Waals surface area contributed by atoms with Crippen molar-refractivity contribution in [3.05, 3.63) is 0 Å². The van der Waals surface area contributed by atoms with Gasteiger partial charge in [0, 0.05) is 12.8 Å². The molecule has 0 amide bonds. The van der Waals surface area contributed by atoms with Crippen LogP contribution in [0.2, 0.25) is 0 Å². The highest BCUT2D eigenvalue weighted by Crippen LogP contribution is 2.24. The predicted molar refractivity (Wildman–Crippen MR) is 284 cm³/mol. The van der Waals surface area contributed by atoms with Crippen LogP contribution < -0.4 is 0 Å². The number of ether oxygens (including phenoxy) is 4. The maximum Gasteiger partial charge on any atom is 0.306 e. The second kappa shape index (κ2) is 47.4. The largest absolute Gasteiger partial charge is 0.462 e. The molecule has 1 heterocycles. The quantitative estimate of drug-likeness (QED) is 0.0257. The number of carbonyl (C=O) groups excluding carboxylic acids is 2. The van der Waals surface area contributed by atoms with Crippen LogP contribution in [0, 0.1) is 0 Å². The van der Waals surface area contributed by atoms with E-state index in [9.17, 15) is 37.9 Å². The average Bonchev–Trinajstić information content (AvgIpc) is 3.33. The van der Waals surface area contributed by atoms with E-state index in [0.717, 1.165) is 38.5 Å². The third kappa shape index (κ3) is 41.1. The zero-order valence-electron chi connectivity index (χ0n) is 45.2. The fourth-order valence-corrected chi connectivity index (χ4v) is 10.3. The summed E-state index contributed by atoms with van der Waals surface area (Å²) in [5.74, 6) is -1.95. The molecular weight excluding hydrogens is 909 g/mol. The summed E-state index contributed by atoms with van der Waals surface area (Å²) < 4.78 is 54.4. The van der Waals surface area contributed by atoms with Crippen molar-refractivity contribution in [3.63, 3.8) is 0 Å². The van der Waals surface area contributed by atoms with Gasteiger partial charge in [-0.3, -0.25) is 14.1 Å². The number of hydrogen-bond donors (Lipinski definition) is 4. The highest BCUT2D eigenvalue weighted by molar-refractivity contribution is 7.85. The molecule has 0 radical (unpaired) electrons. The molecule has 6 atom stereocenters. The van der Waals surface area contributed by atoms with Crippen LogP contribution in [0.15, 0.2) is 0 Å².